The van der Waals surface area contributed by atoms with Crippen LogP contribution in [0, 0.1) is 26.6 Å². The van der Waals surface area contributed by atoms with Gasteiger partial charge in [-0.15, -0.1) is 11.6 Å². The van der Waals surface area contributed by atoms with Gasteiger partial charge in [0.05, 0.1) is 5.38 Å². The van der Waals surface area contributed by atoms with Gasteiger partial charge in [-0.25, -0.2) is 4.39 Å². The van der Waals surface area contributed by atoms with Crippen LogP contribution in [0.15, 0.2) is 22.6 Å². The maximum absolute atomic E-state index is 13.8. The van der Waals surface area contributed by atoms with Crippen molar-refractivity contribution in [2.45, 2.75) is 32.6 Å². The molecule has 0 N–H and O–H groups in total. The van der Waals surface area contributed by atoms with E-state index in [0.29, 0.717) is 17.0 Å². The van der Waals surface area contributed by atoms with Gasteiger partial charge in [0.2, 0.25) is 0 Å². The first-order valence-electron chi connectivity index (χ1n) is 6.05. The fourth-order valence-corrected chi connectivity index (χ4v) is 2.99. The molecule has 4 heteroatoms. The van der Waals surface area contributed by atoms with Crippen molar-refractivity contribution >= 4 is 23.2 Å². The first kappa shape index (κ1) is 14.4. The molecule has 1 unspecified atom stereocenters. The number of hydrogen-bond donors (Lipinski definition) is 0. The summed E-state index contributed by atoms with van der Waals surface area (Å²) in [5, 5.41) is 0.0491. The topological polar surface area (TPSA) is 13.1 Å². The first-order chi connectivity index (χ1) is 8.91. The smallest absolute Gasteiger partial charge is 0.127 e. The minimum absolute atomic E-state index is 0.325. The standard InChI is InChI=1S/C15H15Cl2FO/c1-8-9(2)19-10(3)15(8)13(17)7-11-12(16)5-4-6-14(11)18/h4-6,13H,7H2,1-3H3. The fraction of sp³-hybridized carbons (Fsp3) is 0.333. The summed E-state index contributed by atoms with van der Waals surface area (Å²) in [6, 6.07) is 4.65. The highest BCUT2D eigenvalue weighted by Crippen LogP contribution is 2.35. The van der Waals surface area contributed by atoms with E-state index >= 15 is 0 Å². The molecule has 1 aromatic heterocycles. The maximum atomic E-state index is 13.8. The van der Waals surface area contributed by atoms with Crippen LogP contribution in [0.25, 0.3) is 0 Å². The van der Waals surface area contributed by atoms with Gasteiger partial charge in [0.25, 0.3) is 0 Å². The Morgan fingerprint density at radius 3 is 2.42 bits per heavy atom. The zero-order valence-corrected chi connectivity index (χ0v) is 12.6. The van der Waals surface area contributed by atoms with Gasteiger partial charge in [-0.05, 0) is 44.9 Å². The molecule has 0 saturated heterocycles. The lowest BCUT2D eigenvalue weighted by molar-refractivity contribution is 0.499. The van der Waals surface area contributed by atoms with Crippen molar-refractivity contribution in [1.82, 2.24) is 0 Å². The van der Waals surface area contributed by atoms with Crippen LogP contribution in [0.4, 0.5) is 4.39 Å². The highest BCUT2D eigenvalue weighted by atomic mass is 35.5. The predicted octanol–water partition coefficient (Wildman–Crippen LogP) is 5.52. The summed E-state index contributed by atoms with van der Waals surface area (Å²) in [5.41, 5.74) is 2.39. The van der Waals surface area contributed by atoms with Crippen molar-refractivity contribution in [2.75, 3.05) is 0 Å². The molecule has 0 aliphatic rings. The summed E-state index contributed by atoms with van der Waals surface area (Å²) in [4.78, 5) is 0. The molecule has 0 radical (unpaired) electrons. The molecule has 2 aromatic rings. The second-order valence-electron chi connectivity index (χ2n) is 4.62. The number of aryl methyl sites for hydroxylation is 2. The van der Waals surface area contributed by atoms with Gasteiger partial charge >= 0.3 is 0 Å². The third kappa shape index (κ3) is 2.80. The Morgan fingerprint density at radius 1 is 1.21 bits per heavy atom. The van der Waals surface area contributed by atoms with Crippen LogP contribution < -0.4 is 0 Å². The monoisotopic (exact) mass is 300 g/mol. The Hall–Kier alpha value is -0.990. The van der Waals surface area contributed by atoms with E-state index in [1.165, 1.54) is 6.07 Å². The molecule has 1 aromatic carbocycles. The van der Waals surface area contributed by atoms with E-state index in [2.05, 4.69) is 0 Å². The van der Waals surface area contributed by atoms with Crippen LogP contribution in [0.2, 0.25) is 5.02 Å². The lowest BCUT2D eigenvalue weighted by Crippen LogP contribution is -2.01. The quantitative estimate of drug-likeness (QED) is 0.680. The number of furan rings is 1. The number of alkyl halides is 1. The SMILES string of the molecule is Cc1oc(C)c(C(Cl)Cc2c(F)cccc2Cl)c1C. The Labute approximate surface area is 122 Å². The Bertz CT molecular complexity index is 584. The lowest BCUT2D eigenvalue weighted by Gasteiger charge is -2.12. The zero-order valence-electron chi connectivity index (χ0n) is 11.1. The molecule has 1 nitrogen and oxygen atoms in total. The summed E-state index contributed by atoms with van der Waals surface area (Å²) in [7, 11) is 0. The molecule has 102 valence electrons. The lowest BCUT2D eigenvalue weighted by atomic mass is 10.0. The molecule has 0 amide bonds. The maximum Gasteiger partial charge on any atom is 0.127 e. The van der Waals surface area contributed by atoms with E-state index in [4.69, 9.17) is 27.6 Å². The van der Waals surface area contributed by atoms with Gasteiger partial charge < -0.3 is 4.42 Å². The van der Waals surface area contributed by atoms with E-state index in [-0.39, 0.29) is 11.2 Å². The van der Waals surface area contributed by atoms with Crippen LogP contribution in [0.3, 0.4) is 0 Å². The molecule has 0 aliphatic carbocycles. The van der Waals surface area contributed by atoms with Gasteiger partial charge in [0.15, 0.2) is 0 Å². The van der Waals surface area contributed by atoms with E-state index in [9.17, 15) is 4.39 Å². The Balaban J connectivity index is 2.33. The predicted molar refractivity (Wildman–Crippen MR) is 76.6 cm³/mol. The van der Waals surface area contributed by atoms with Crippen molar-refractivity contribution < 1.29 is 8.81 Å². The van der Waals surface area contributed by atoms with Crippen molar-refractivity contribution in [3.63, 3.8) is 0 Å². The Kier molecular flexibility index (Phi) is 4.22. The average molecular weight is 301 g/mol. The summed E-state index contributed by atoms with van der Waals surface area (Å²) in [5.74, 6) is 1.30. The summed E-state index contributed by atoms with van der Waals surface area (Å²) < 4.78 is 19.3. The van der Waals surface area contributed by atoms with E-state index in [1.807, 2.05) is 20.8 Å². The molecule has 2 rings (SSSR count). The van der Waals surface area contributed by atoms with Crippen molar-refractivity contribution in [2.24, 2.45) is 0 Å². The second kappa shape index (κ2) is 5.56. The van der Waals surface area contributed by atoms with E-state index in [1.54, 1.807) is 12.1 Å². The van der Waals surface area contributed by atoms with Gasteiger partial charge in [-0.2, -0.15) is 0 Å². The normalized spacial score (nSPS) is 12.7. The van der Waals surface area contributed by atoms with Crippen LogP contribution in [-0.4, -0.2) is 0 Å². The van der Waals surface area contributed by atoms with Gasteiger partial charge in [0.1, 0.15) is 17.3 Å². The highest BCUT2D eigenvalue weighted by molar-refractivity contribution is 6.31. The molecular weight excluding hydrogens is 286 g/mol. The van der Waals surface area contributed by atoms with E-state index < -0.39 is 0 Å². The largest absolute Gasteiger partial charge is 0.466 e. The van der Waals surface area contributed by atoms with Crippen LogP contribution >= 0.6 is 23.2 Å². The van der Waals surface area contributed by atoms with Crippen LogP contribution in [0.5, 0.6) is 0 Å². The van der Waals surface area contributed by atoms with Crippen LogP contribution in [-0.2, 0) is 6.42 Å². The molecular formula is C15H15Cl2FO. The highest BCUT2D eigenvalue weighted by Gasteiger charge is 2.21. The van der Waals surface area contributed by atoms with Crippen molar-refractivity contribution in [1.29, 1.82) is 0 Å². The molecule has 19 heavy (non-hydrogen) atoms. The molecule has 0 aliphatic heterocycles. The second-order valence-corrected chi connectivity index (χ2v) is 5.56. The van der Waals surface area contributed by atoms with Crippen molar-refractivity contribution in [3.05, 3.63) is 57.2 Å². The first-order valence-corrected chi connectivity index (χ1v) is 6.86. The molecule has 0 bridgehead atoms. The summed E-state index contributed by atoms with van der Waals surface area (Å²) >= 11 is 12.4. The van der Waals surface area contributed by atoms with E-state index in [0.717, 1.165) is 22.6 Å². The zero-order chi connectivity index (χ0) is 14.2. The average Bonchev–Trinajstić information content (AvgIpc) is 2.58. The third-order valence-corrected chi connectivity index (χ3v) is 4.10. The number of halogens is 3. The van der Waals surface area contributed by atoms with Gasteiger partial charge in [-0.1, -0.05) is 17.7 Å². The van der Waals surface area contributed by atoms with Crippen LogP contribution in [0.1, 0.15) is 33.6 Å². The molecule has 1 heterocycles. The molecule has 1 atom stereocenters. The minimum Gasteiger partial charge on any atom is -0.466 e. The van der Waals surface area contributed by atoms with Crippen molar-refractivity contribution in [3.8, 4) is 0 Å². The van der Waals surface area contributed by atoms with Gasteiger partial charge in [-0.3, -0.25) is 0 Å². The minimum atomic E-state index is -0.355. The number of benzene rings is 1. The number of rotatable bonds is 3. The Morgan fingerprint density at radius 2 is 1.89 bits per heavy atom. The summed E-state index contributed by atoms with van der Waals surface area (Å²) in [6.07, 6.45) is 0.341. The third-order valence-electron chi connectivity index (χ3n) is 3.38. The molecule has 0 spiro atoms. The number of hydrogen-bond acceptors (Lipinski definition) is 1. The molecule has 0 fully saturated rings. The van der Waals surface area contributed by atoms with Gasteiger partial charge in [0, 0.05) is 16.1 Å². The summed E-state index contributed by atoms with van der Waals surface area (Å²) in [6.45, 7) is 5.72. The molecule has 0 saturated carbocycles. The fourth-order valence-electron chi connectivity index (χ4n) is 2.28.